The highest BCUT2D eigenvalue weighted by Gasteiger charge is 2.58. The molecule has 0 bridgehead atoms. The minimum Gasteiger partial charge on any atom is -0.481 e. The van der Waals surface area contributed by atoms with E-state index in [2.05, 4.69) is 4.98 Å². The minimum absolute atomic E-state index is 0.159. The number of aliphatic carboxylic acids is 1. The van der Waals surface area contributed by atoms with Crippen molar-refractivity contribution in [1.82, 2.24) is 9.88 Å². The van der Waals surface area contributed by atoms with Crippen molar-refractivity contribution in [2.45, 2.75) is 44.9 Å². The average Bonchev–Trinajstić information content (AvgIpc) is 2.93. The van der Waals surface area contributed by atoms with Gasteiger partial charge in [0.1, 0.15) is 5.01 Å². The van der Waals surface area contributed by atoms with Gasteiger partial charge in [-0.2, -0.15) is 13.2 Å². The number of nitrogens with zero attached hydrogens (tertiary/aromatic N) is 2. The maximum Gasteiger partial charge on any atom is 0.424 e. The number of thiazole rings is 1. The predicted octanol–water partition coefficient (Wildman–Crippen LogP) is 2.30. The van der Waals surface area contributed by atoms with Gasteiger partial charge in [-0.1, -0.05) is 0 Å². The number of aromatic nitrogens is 1. The Labute approximate surface area is 146 Å². The Morgan fingerprint density at radius 3 is 2.56 bits per heavy atom. The van der Waals surface area contributed by atoms with Crippen LogP contribution in [0.5, 0.6) is 0 Å². The van der Waals surface area contributed by atoms with E-state index in [1.54, 1.807) is 0 Å². The molecule has 1 fully saturated rings. The van der Waals surface area contributed by atoms with Gasteiger partial charge in [-0.25, -0.2) is 4.98 Å². The lowest BCUT2D eigenvalue weighted by Gasteiger charge is -2.39. The topological polar surface area (TPSA) is 90.7 Å². The second-order valence-electron chi connectivity index (χ2n) is 6.61. The van der Waals surface area contributed by atoms with E-state index in [0.29, 0.717) is 29.9 Å². The number of alkyl halides is 3. The number of likely N-dealkylation sites (tertiary alicyclic amines) is 1. The van der Waals surface area contributed by atoms with Gasteiger partial charge in [0.2, 0.25) is 11.5 Å². The molecule has 1 aliphatic rings. The van der Waals surface area contributed by atoms with Gasteiger partial charge in [0, 0.05) is 24.2 Å². The molecule has 2 N–H and O–H groups in total. The van der Waals surface area contributed by atoms with Crippen LogP contribution in [-0.2, 0) is 15.2 Å². The van der Waals surface area contributed by atoms with Gasteiger partial charge in [-0.15, -0.1) is 11.3 Å². The lowest BCUT2D eigenvalue weighted by molar-refractivity contribution is -0.268. The van der Waals surface area contributed by atoms with Crippen LogP contribution in [0.2, 0.25) is 0 Å². The van der Waals surface area contributed by atoms with Crippen LogP contribution in [0.1, 0.15) is 36.9 Å². The number of hydrogen-bond donors (Lipinski definition) is 2. The first-order valence-electron chi connectivity index (χ1n) is 7.62. The molecule has 2 heterocycles. The molecule has 1 aliphatic heterocycles. The number of carbonyl (C=O) groups excluding carboxylic acids is 1. The van der Waals surface area contributed by atoms with Crippen molar-refractivity contribution in [1.29, 1.82) is 0 Å². The normalized spacial score (nSPS) is 24.0. The van der Waals surface area contributed by atoms with Gasteiger partial charge in [-0.3, -0.25) is 9.59 Å². The molecule has 0 saturated carbocycles. The van der Waals surface area contributed by atoms with E-state index in [9.17, 15) is 33.0 Å². The number of carbonyl (C=O) groups is 2. The molecular formula is C15H19F3N2O4S. The van der Waals surface area contributed by atoms with Crippen LogP contribution >= 0.6 is 11.3 Å². The summed E-state index contributed by atoms with van der Waals surface area (Å²) in [5.74, 6) is -2.05. The van der Waals surface area contributed by atoms with Crippen LogP contribution in [0.15, 0.2) is 5.38 Å². The number of carboxylic acids is 1. The number of halogens is 3. The molecule has 1 aromatic rings. The van der Waals surface area contributed by atoms with Crippen molar-refractivity contribution in [2.75, 3.05) is 13.1 Å². The quantitative estimate of drug-likeness (QED) is 0.837. The molecule has 0 radical (unpaired) electrons. The number of carboxylic acid groups (broad SMARTS) is 1. The van der Waals surface area contributed by atoms with E-state index in [1.807, 2.05) is 0 Å². The first-order chi connectivity index (χ1) is 11.4. The summed E-state index contributed by atoms with van der Waals surface area (Å²) in [6.07, 6.45) is -5.60. The largest absolute Gasteiger partial charge is 0.481 e. The SMILES string of the molecule is Cc1csc(C(O)(CC(=O)N2CCCC(C)(C(=O)O)C2)C(F)(F)F)n1. The second-order valence-corrected chi connectivity index (χ2v) is 7.47. The first kappa shape index (κ1) is 19.6. The van der Waals surface area contributed by atoms with Gasteiger partial charge < -0.3 is 15.1 Å². The van der Waals surface area contributed by atoms with E-state index < -0.39 is 40.5 Å². The van der Waals surface area contributed by atoms with Crippen molar-refractivity contribution in [3.05, 3.63) is 16.1 Å². The van der Waals surface area contributed by atoms with Crippen molar-refractivity contribution >= 4 is 23.2 Å². The highest BCUT2D eigenvalue weighted by atomic mass is 32.1. The van der Waals surface area contributed by atoms with Gasteiger partial charge >= 0.3 is 12.1 Å². The lowest BCUT2D eigenvalue weighted by atomic mass is 9.81. The van der Waals surface area contributed by atoms with Crippen LogP contribution < -0.4 is 0 Å². The van der Waals surface area contributed by atoms with E-state index in [4.69, 9.17) is 0 Å². The van der Waals surface area contributed by atoms with E-state index in [0.717, 1.165) is 4.90 Å². The van der Waals surface area contributed by atoms with Crippen LogP contribution in [0, 0.1) is 12.3 Å². The third-order valence-corrected chi connectivity index (χ3v) is 5.53. The van der Waals surface area contributed by atoms with Crippen molar-refractivity contribution in [3.8, 4) is 0 Å². The fourth-order valence-corrected chi connectivity index (χ4v) is 3.71. The molecule has 140 valence electrons. The van der Waals surface area contributed by atoms with E-state index >= 15 is 0 Å². The molecule has 0 aromatic carbocycles. The Balaban J connectivity index is 2.25. The van der Waals surface area contributed by atoms with Crippen molar-refractivity contribution < 1.29 is 33.0 Å². The molecule has 0 spiro atoms. The first-order valence-corrected chi connectivity index (χ1v) is 8.50. The summed E-state index contributed by atoms with van der Waals surface area (Å²) in [7, 11) is 0. The average molecular weight is 380 g/mol. The third kappa shape index (κ3) is 3.79. The number of piperidine rings is 1. The molecule has 1 amide bonds. The predicted molar refractivity (Wildman–Crippen MR) is 83.0 cm³/mol. The summed E-state index contributed by atoms with van der Waals surface area (Å²) in [5, 5.41) is 20.3. The molecule has 2 atom stereocenters. The maximum atomic E-state index is 13.5. The van der Waals surface area contributed by atoms with Crippen LogP contribution in [0.3, 0.4) is 0 Å². The Morgan fingerprint density at radius 2 is 2.08 bits per heavy atom. The second kappa shape index (κ2) is 6.56. The highest BCUT2D eigenvalue weighted by molar-refractivity contribution is 7.09. The van der Waals surface area contributed by atoms with E-state index in [-0.39, 0.29) is 13.1 Å². The molecule has 25 heavy (non-hydrogen) atoms. The van der Waals surface area contributed by atoms with Crippen LogP contribution in [-0.4, -0.2) is 51.2 Å². The Bertz CT molecular complexity index is 678. The summed E-state index contributed by atoms with van der Waals surface area (Å²) < 4.78 is 40.4. The number of aryl methyl sites for hydroxylation is 1. The molecule has 1 aromatic heterocycles. The summed E-state index contributed by atoms with van der Waals surface area (Å²) in [4.78, 5) is 28.5. The maximum absolute atomic E-state index is 13.5. The summed E-state index contributed by atoms with van der Waals surface area (Å²) in [6, 6.07) is 0. The summed E-state index contributed by atoms with van der Waals surface area (Å²) in [5.41, 5.74) is -4.28. The standard InChI is InChI=1S/C15H19F3N2O4S/c1-9-7-25-11(19-9)14(24,15(16,17)18)6-10(21)20-5-3-4-13(2,8-20)12(22)23/h7,24H,3-6,8H2,1-2H3,(H,22,23). The molecule has 2 unspecified atom stereocenters. The zero-order chi connectivity index (χ0) is 19.0. The van der Waals surface area contributed by atoms with E-state index in [1.165, 1.54) is 19.2 Å². The zero-order valence-electron chi connectivity index (χ0n) is 13.8. The molecule has 0 aliphatic carbocycles. The summed E-state index contributed by atoms with van der Waals surface area (Å²) >= 11 is 0.631. The number of amides is 1. The third-order valence-electron chi connectivity index (χ3n) is 4.41. The smallest absolute Gasteiger partial charge is 0.424 e. The van der Waals surface area contributed by atoms with Crippen molar-refractivity contribution in [3.63, 3.8) is 0 Å². The number of hydrogen-bond acceptors (Lipinski definition) is 5. The Morgan fingerprint density at radius 1 is 1.44 bits per heavy atom. The highest BCUT2D eigenvalue weighted by Crippen LogP contribution is 2.43. The monoisotopic (exact) mass is 380 g/mol. The number of rotatable bonds is 4. The zero-order valence-corrected chi connectivity index (χ0v) is 14.6. The van der Waals surface area contributed by atoms with Gasteiger partial charge in [0.05, 0.1) is 11.8 Å². The molecule has 6 nitrogen and oxygen atoms in total. The summed E-state index contributed by atoms with van der Waals surface area (Å²) in [6.45, 7) is 2.91. The Hall–Kier alpha value is -1.68. The molecule has 10 heteroatoms. The van der Waals surface area contributed by atoms with Gasteiger partial charge in [0.25, 0.3) is 0 Å². The molecule has 2 rings (SSSR count). The Kier molecular flexibility index (Phi) is 5.16. The lowest BCUT2D eigenvalue weighted by Crippen LogP contribution is -2.52. The van der Waals surface area contributed by atoms with Crippen LogP contribution in [0.25, 0.3) is 0 Å². The van der Waals surface area contributed by atoms with Gasteiger partial charge in [0.15, 0.2) is 0 Å². The van der Waals surface area contributed by atoms with Crippen LogP contribution in [0.4, 0.5) is 13.2 Å². The fourth-order valence-electron chi connectivity index (χ4n) is 2.80. The fraction of sp³-hybridized carbons (Fsp3) is 0.667. The molecular weight excluding hydrogens is 361 g/mol. The van der Waals surface area contributed by atoms with Gasteiger partial charge in [-0.05, 0) is 26.7 Å². The minimum atomic E-state index is -5.08. The number of aliphatic hydroxyl groups is 1. The molecule has 1 saturated heterocycles. The van der Waals surface area contributed by atoms with Crippen molar-refractivity contribution in [2.24, 2.45) is 5.41 Å².